The van der Waals surface area contributed by atoms with Gasteiger partial charge in [-0.05, 0) is 25.0 Å². The molecular formula is C15H15F3N4O2. The van der Waals surface area contributed by atoms with Gasteiger partial charge in [0.2, 0.25) is 0 Å². The summed E-state index contributed by atoms with van der Waals surface area (Å²) in [7, 11) is 0. The topological polar surface area (TPSA) is 69.0 Å². The van der Waals surface area contributed by atoms with Gasteiger partial charge >= 0.3 is 6.18 Å². The van der Waals surface area contributed by atoms with Crippen LogP contribution < -0.4 is 5.32 Å². The minimum Gasteiger partial charge on any atom is -0.376 e. The van der Waals surface area contributed by atoms with Crippen LogP contribution in [0.4, 0.5) is 13.2 Å². The highest BCUT2D eigenvalue weighted by molar-refractivity contribution is 5.91. The predicted molar refractivity (Wildman–Crippen MR) is 77.7 cm³/mol. The van der Waals surface area contributed by atoms with Crippen molar-refractivity contribution >= 4 is 5.91 Å². The third-order valence-electron chi connectivity index (χ3n) is 3.70. The Labute approximate surface area is 135 Å². The van der Waals surface area contributed by atoms with E-state index in [9.17, 15) is 18.0 Å². The van der Waals surface area contributed by atoms with Gasteiger partial charge in [-0.25, -0.2) is 4.68 Å². The van der Waals surface area contributed by atoms with Crippen molar-refractivity contribution in [1.29, 1.82) is 0 Å². The molecule has 1 amide bonds. The van der Waals surface area contributed by atoms with Crippen molar-refractivity contribution in [1.82, 2.24) is 20.3 Å². The number of carbonyl (C=O) groups excluding carboxylic acids is 1. The molecule has 1 fully saturated rings. The average Bonchev–Trinajstić information content (AvgIpc) is 3.23. The van der Waals surface area contributed by atoms with E-state index in [1.807, 2.05) is 0 Å². The van der Waals surface area contributed by atoms with Crippen LogP contribution in [0.25, 0.3) is 5.69 Å². The van der Waals surface area contributed by atoms with Crippen LogP contribution in [-0.4, -0.2) is 40.2 Å². The molecule has 0 aliphatic carbocycles. The van der Waals surface area contributed by atoms with Gasteiger partial charge in [-0.15, -0.1) is 5.10 Å². The minimum atomic E-state index is -4.52. The number of para-hydroxylation sites is 1. The van der Waals surface area contributed by atoms with Crippen molar-refractivity contribution in [2.75, 3.05) is 13.2 Å². The summed E-state index contributed by atoms with van der Waals surface area (Å²) in [6.45, 7) is 1.01. The summed E-state index contributed by atoms with van der Waals surface area (Å²) in [5, 5.41) is 9.94. The van der Waals surface area contributed by atoms with E-state index >= 15 is 0 Å². The van der Waals surface area contributed by atoms with Gasteiger partial charge in [-0.2, -0.15) is 13.2 Å². The maximum Gasteiger partial charge on any atom is 0.418 e. The standard InChI is InChI=1S/C15H15F3N4O2/c16-15(17,18)11-5-1-2-6-13(11)22-9-12(20-21-22)14(23)19-8-10-4-3-7-24-10/h1-2,5-6,9-10H,3-4,7-8H2,(H,19,23)/t10-/m1/s1. The van der Waals surface area contributed by atoms with Crippen LogP contribution in [0.3, 0.4) is 0 Å². The zero-order chi connectivity index (χ0) is 17.2. The van der Waals surface area contributed by atoms with Crippen LogP contribution in [0.15, 0.2) is 30.5 Å². The Kier molecular flexibility index (Phi) is 4.52. The van der Waals surface area contributed by atoms with Gasteiger partial charge in [0.15, 0.2) is 5.69 Å². The van der Waals surface area contributed by atoms with E-state index in [2.05, 4.69) is 15.6 Å². The molecule has 2 heterocycles. The first-order chi connectivity index (χ1) is 11.4. The maximum absolute atomic E-state index is 13.0. The molecule has 128 valence electrons. The number of alkyl halides is 3. The number of halogens is 3. The lowest BCUT2D eigenvalue weighted by Gasteiger charge is -2.11. The molecule has 0 unspecified atom stereocenters. The molecule has 1 aliphatic heterocycles. The van der Waals surface area contributed by atoms with Crippen molar-refractivity contribution in [3.05, 3.63) is 41.7 Å². The van der Waals surface area contributed by atoms with E-state index in [1.54, 1.807) is 0 Å². The summed E-state index contributed by atoms with van der Waals surface area (Å²) >= 11 is 0. The molecule has 1 saturated heterocycles. The molecule has 9 heteroatoms. The summed E-state index contributed by atoms with van der Waals surface area (Å²) in [6.07, 6.45) is -1.56. The number of carbonyl (C=O) groups is 1. The van der Waals surface area contributed by atoms with Crippen molar-refractivity contribution in [2.45, 2.75) is 25.1 Å². The summed E-state index contributed by atoms with van der Waals surface area (Å²) in [6, 6.07) is 4.97. The van der Waals surface area contributed by atoms with Gasteiger partial charge in [0.25, 0.3) is 5.91 Å². The largest absolute Gasteiger partial charge is 0.418 e. The molecule has 3 rings (SSSR count). The Morgan fingerprint density at radius 2 is 2.17 bits per heavy atom. The molecular weight excluding hydrogens is 325 g/mol. The first-order valence-electron chi connectivity index (χ1n) is 7.44. The van der Waals surface area contributed by atoms with Crippen LogP contribution in [0.1, 0.15) is 28.9 Å². The zero-order valence-electron chi connectivity index (χ0n) is 12.6. The second-order valence-corrected chi connectivity index (χ2v) is 5.41. The average molecular weight is 340 g/mol. The molecule has 1 aromatic heterocycles. The Bertz CT molecular complexity index is 724. The summed E-state index contributed by atoms with van der Waals surface area (Å²) in [4.78, 5) is 12.0. The lowest BCUT2D eigenvalue weighted by Crippen LogP contribution is -2.31. The molecule has 1 atom stereocenters. The smallest absolute Gasteiger partial charge is 0.376 e. The van der Waals surface area contributed by atoms with Crippen LogP contribution >= 0.6 is 0 Å². The Morgan fingerprint density at radius 1 is 1.38 bits per heavy atom. The van der Waals surface area contributed by atoms with Gasteiger partial charge in [0, 0.05) is 13.2 Å². The second kappa shape index (κ2) is 6.60. The third kappa shape index (κ3) is 3.56. The lowest BCUT2D eigenvalue weighted by molar-refractivity contribution is -0.137. The maximum atomic E-state index is 13.0. The second-order valence-electron chi connectivity index (χ2n) is 5.41. The van der Waals surface area contributed by atoms with Gasteiger partial charge in [-0.1, -0.05) is 17.3 Å². The fourth-order valence-electron chi connectivity index (χ4n) is 2.50. The SMILES string of the molecule is O=C(NC[C@H]1CCCO1)c1cn(-c2ccccc2C(F)(F)F)nn1. The number of rotatable bonds is 4. The van der Waals surface area contributed by atoms with E-state index in [-0.39, 0.29) is 17.5 Å². The number of benzene rings is 1. The van der Waals surface area contributed by atoms with Crippen molar-refractivity contribution < 1.29 is 22.7 Å². The molecule has 2 aromatic rings. The molecule has 1 aromatic carbocycles. The fraction of sp³-hybridized carbons (Fsp3) is 0.400. The Balaban J connectivity index is 1.75. The van der Waals surface area contributed by atoms with E-state index in [1.165, 1.54) is 24.4 Å². The molecule has 0 spiro atoms. The number of amides is 1. The molecule has 0 saturated carbocycles. The normalized spacial score (nSPS) is 17.9. The number of hydrogen-bond donors (Lipinski definition) is 1. The summed E-state index contributed by atoms with van der Waals surface area (Å²) in [5.74, 6) is -0.499. The van der Waals surface area contributed by atoms with E-state index in [4.69, 9.17) is 4.74 Å². The van der Waals surface area contributed by atoms with Crippen LogP contribution in [0.2, 0.25) is 0 Å². The predicted octanol–water partition coefficient (Wildman–Crippen LogP) is 2.19. The Hall–Kier alpha value is -2.42. The van der Waals surface area contributed by atoms with Crippen LogP contribution in [-0.2, 0) is 10.9 Å². The monoisotopic (exact) mass is 340 g/mol. The zero-order valence-corrected chi connectivity index (χ0v) is 12.6. The van der Waals surface area contributed by atoms with E-state index < -0.39 is 17.6 Å². The van der Waals surface area contributed by atoms with Gasteiger partial charge < -0.3 is 10.1 Å². The minimum absolute atomic E-state index is 0.0325. The number of ether oxygens (including phenoxy) is 1. The molecule has 1 N–H and O–H groups in total. The highest BCUT2D eigenvalue weighted by Gasteiger charge is 2.34. The Morgan fingerprint density at radius 3 is 2.88 bits per heavy atom. The van der Waals surface area contributed by atoms with E-state index in [0.29, 0.717) is 13.2 Å². The van der Waals surface area contributed by atoms with Crippen molar-refractivity contribution in [2.24, 2.45) is 0 Å². The first kappa shape index (κ1) is 16.4. The molecule has 0 radical (unpaired) electrons. The third-order valence-corrected chi connectivity index (χ3v) is 3.70. The number of hydrogen-bond acceptors (Lipinski definition) is 4. The van der Waals surface area contributed by atoms with Gasteiger partial charge in [-0.3, -0.25) is 4.79 Å². The van der Waals surface area contributed by atoms with Gasteiger partial charge in [0.1, 0.15) is 0 Å². The van der Waals surface area contributed by atoms with Crippen LogP contribution in [0, 0.1) is 0 Å². The fourth-order valence-corrected chi connectivity index (χ4v) is 2.50. The highest BCUT2D eigenvalue weighted by Crippen LogP contribution is 2.33. The number of aromatic nitrogens is 3. The summed E-state index contributed by atoms with van der Waals surface area (Å²) < 4.78 is 45.4. The van der Waals surface area contributed by atoms with Crippen molar-refractivity contribution in [3.8, 4) is 5.69 Å². The summed E-state index contributed by atoms with van der Waals surface area (Å²) in [5.41, 5.74) is -1.08. The quantitative estimate of drug-likeness (QED) is 0.926. The van der Waals surface area contributed by atoms with Gasteiger partial charge in [0.05, 0.1) is 23.6 Å². The number of nitrogens with zero attached hydrogens (tertiary/aromatic N) is 3. The lowest BCUT2D eigenvalue weighted by atomic mass is 10.1. The highest BCUT2D eigenvalue weighted by atomic mass is 19.4. The molecule has 6 nitrogen and oxygen atoms in total. The van der Waals surface area contributed by atoms with Crippen molar-refractivity contribution in [3.63, 3.8) is 0 Å². The molecule has 1 aliphatic rings. The number of nitrogens with one attached hydrogen (secondary N) is 1. The molecule has 24 heavy (non-hydrogen) atoms. The molecule has 0 bridgehead atoms. The van der Waals surface area contributed by atoms with Crippen LogP contribution in [0.5, 0.6) is 0 Å². The first-order valence-corrected chi connectivity index (χ1v) is 7.44. The van der Waals surface area contributed by atoms with E-state index in [0.717, 1.165) is 23.6 Å².